The van der Waals surface area contributed by atoms with Crippen LogP contribution >= 0.6 is 11.6 Å². The molecule has 6 nitrogen and oxygen atoms in total. The van der Waals surface area contributed by atoms with E-state index >= 15 is 0 Å². The molecule has 0 spiro atoms. The lowest BCUT2D eigenvalue weighted by Crippen LogP contribution is -1.97. The Morgan fingerprint density at radius 2 is 2.15 bits per heavy atom. The molecular formula is C13H13ClN2O4. The van der Waals surface area contributed by atoms with Crippen molar-refractivity contribution in [2.45, 2.75) is 13.0 Å². The van der Waals surface area contributed by atoms with Crippen LogP contribution < -0.4 is 9.47 Å². The molecule has 7 heteroatoms. The molecule has 0 aliphatic carbocycles. The maximum atomic E-state index is 6.22. The van der Waals surface area contributed by atoms with Gasteiger partial charge in [-0.05, 0) is 12.1 Å². The molecule has 20 heavy (non-hydrogen) atoms. The van der Waals surface area contributed by atoms with Crippen LogP contribution in [-0.4, -0.2) is 30.5 Å². The predicted molar refractivity (Wildman–Crippen MR) is 71.1 cm³/mol. The molecule has 106 valence electrons. The molecule has 0 atom stereocenters. The fourth-order valence-electron chi connectivity index (χ4n) is 1.91. The maximum absolute atomic E-state index is 6.22. The standard InChI is InChI=1S/C13H13ClN2O4/c1-17-7-11-15-13(20-16-11)8-5-9(14)12-10(6-8)18-3-2-4-19-12/h5-6H,2-4,7H2,1H3. The van der Waals surface area contributed by atoms with E-state index in [-0.39, 0.29) is 0 Å². The van der Waals surface area contributed by atoms with Gasteiger partial charge in [0.15, 0.2) is 17.3 Å². The zero-order valence-corrected chi connectivity index (χ0v) is 11.6. The van der Waals surface area contributed by atoms with Gasteiger partial charge in [0.1, 0.15) is 6.61 Å². The third-order valence-electron chi connectivity index (χ3n) is 2.79. The van der Waals surface area contributed by atoms with Crippen LogP contribution in [0.15, 0.2) is 16.7 Å². The summed E-state index contributed by atoms with van der Waals surface area (Å²) in [6.45, 7) is 1.47. The average Bonchev–Trinajstić information content (AvgIpc) is 2.76. The predicted octanol–water partition coefficient (Wildman–Crippen LogP) is 2.70. The zero-order valence-electron chi connectivity index (χ0n) is 10.9. The number of hydrogen-bond acceptors (Lipinski definition) is 6. The number of hydrogen-bond donors (Lipinski definition) is 0. The van der Waals surface area contributed by atoms with E-state index in [0.29, 0.717) is 53.6 Å². The fraction of sp³-hybridized carbons (Fsp3) is 0.385. The van der Waals surface area contributed by atoms with Crippen molar-refractivity contribution in [3.05, 3.63) is 23.0 Å². The highest BCUT2D eigenvalue weighted by Gasteiger charge is 2.18. The van der Waals surface area contributed by atoms with E-state index in [2.05, 4.69) is 10.1 Å². The molecule has 1 aromatic heterocycles. The van der Waals surface area contributed by atoms with Gasteiger partial charge in [0, 0.05) is 19.1 Å². The number of ether oxygens (including phenoxy) is 3. The van der Waals surface area contributed by atoms with Gasteiger partial charge < -0.3 is 18.7 Å². The molecular weight excluding hydrogens is 284 g/mol. The van der Waals surface area contributed by atoms with Crippen molar-refractivity contribution in [1.82, 2.24) is 10.1 Å². The lowest BCUT2D eigenvalue weighted by molar-refractivity contribution is 0.174. The lowest BCUT2D eigenvalue weighted by Gasteiger charge is -2.09. The molecule has 1 aliphatic heterocycles. The Morgan fingerprint density at radius 3 is 3.00 bits per heavy atom. The van der Waals surface area contributed by atoms with Crippen molar-refractivity contribution in [2.24, 2.45) is 0 Å². The van der Waals surface area contributed by atoms with Gasteiger partial charge in [0.2, 0.25) is 0 Å². The van der Waals surface area contributed by atoms with Crippen molar-refractivity contribution in [3.63, 3.8) is 0 Å². The number of halogens is 1. The molecule has 0 unspecified atom stereocenters. The van der Waals surface area contributed by atoms with Crippen LogP contribution in [0.3, 0.4) is 0 Å². The van der Waals surface area contributed by atoms with E-state index in [4.69, 9.17) is 30.3 Å². The summed E-state index contributed by atoms with van der Waals surface area (Å²) in [4.78, 5) is 4.23. The number of rotatable bonds is 3. The number of nitrogens with zero attached hydrogens (tertiary/aromatic N) is 2. The van der Waals surface area contributed by atoms with E-state index in [1.54, 1.807) is 19.2 Å². The quantitative estimate of drug-likeness (QED) is 0.867. The van der Waals surface area contributed by atoms with E-state index in [9.17, 15) is 0 Å². The highest BCUT2D eigenvalue weighted by molar-refractivity contribution is 6.32. The fourth-order valence-corrected chi connectivity index (χ4v) is 2.18. The molecule has 0 saturated heterocycles. The van der Waals surface area contributed by atoms with Crippen molar-refractivity contribution in [1.29, 1.82) is 0 Å². The SMILES string of the molecule is COCc1noc(-c2cc(Cl)c3c(c2)OCCCO3)n1. The molecule has 0 radical (unpaired) electrons. The summed E-state index contributed by atoms with van der Waals surface area (Å²) in [6, 6.07) is 3.51. The molecule has 2 aromatic rings. The normalized spacial score (nSPS) is 14.1. The van der Waals surface area contributed by atoms with Crippen LogP contribution in [0, 0.1) is 0 Å². The molecule has 1 aliphatic rings. The van der Waals surface area contributed by atoms with Crippen LogP contribution in [0.5, 0.6) is 11.5 Å². The molecule has 3 rings (SSSR count). The minimum Gasteiger partial charge on any atom is -0.489 e. The monoisotopic (exact) mass is 296 g/mol. The number of aromatic nitrogens is 2. The van der Waals surface area contributed by atoms with Gasteiger partial charge >= 0.3 is 0 Å². The van der Waals surface area contributed by atoms with Gasteiger partial charge in [0.05, 0.1) is 18.2 Å². The Hall–Kier alpha value is -1.79. The van der Waals surface area contributed by atoms with Gasteiger partial charge in [-0.2, -0.15) is 4.98 Å². The first-order valence-corrected chi connectivity index (χ1v) is 6.57. The van der Waals surface area contributed by atoms with Crippen molar-refractivity contribution in [2.75, 3.05) is 20.3 Å². The van der Waals surface area contributed by atoms with E-state index in [1.807, 2.05) is 0 Å². The average molecular weight is 297 g/mol. The third-order valence-corrected chi connectivity index (χ3v) is 3.07. The highest BCUT2D eigenvalue weighted by atomic mass is 35.5. The Balaban J connectivity index is 1.97. The summed E-state index contributed by atoms with van der Waals surface area (Å²) in [7, 11) is 1.57. The number of fused-ring (bicyclic) bond motifs is 1. The van der Waals surface area contributed by atoms with Crippen molar-refractivity contribution >= 4 is 11.6 Å². The molecule has 0 amide bonds. The summed E-state index contributed by atoms with van der Waals surface area (Å²) in [5, 5.41) is 4.28. The van der Waals surface area contributed by atoms with Crippen molar-refractivity contribution in [3.8, 4) is 23.0 Å². The smallest absolute Gasteiger partial charge is 0.258 e. The summed E-state index contributed by atoms with van der Waals surface area (Å²) in [5.74, 6) is 2.00. The molecule has 0 fully saturated rings. The lowest BCUT2D eigenvalue weighted by atomic mass is 10.2. The van der Waals surface area contributed by atoms with E-state index in [0.717, 1.165) is 6.42 Å². The largest absolute Gasteiger partial charge is 0.489 e. The molecule has 0 bridgehead atoms. The first kappa shape index (κ1) is 13.2. The van der Waals surface area contributed by atoms with E-state index in [1.165, 1.54) is 0 Å². The molecule has 1 aromatic carbocycles. The van der Waals surface area contributed by atoms with Gasteiger partial charge in [-0.1, -0.05) is 16.8 Å². The van der Waals surface area contributed by atoms with Gasteiger partial charge in [-0.25, -0.2) is 0 Å². The minimum atomic E-state index is 0.293. The number of benzene rings is 1. The number of methoxy groups -OCH3 is 1. The van der Waals surface area contributed by atoms with Crippen LogP contribution in [0.25, 0.3) is 11.5 Å². The Bertz CT molecular complexity index is 614. The Kier molecular flexibility index (Phi) is 3.75. The van der Waals surface area contributed by atoms with Gasteiger partial charge in [0.25, 0.3) is 5.89 Å². The van der Waals surface area contributed by atoms with Gasteiger partial charge in [-0.3, -0.25) is 0 Å². The first-order chi connectivity index (χ1) is 9.78. The van der Waals surface area contributed by atoms with Gasteiger partial charge in [-0.15, -0.1) is 0 Å². The first-order valence-electron chi connectivity index (χ1n) is 6.19. The second-order valence-corrected chi connectivity index (χ2v) is 4.69. The molecule has 0 N–H and O–H groups in total. The highest BCUT2D eigenvalue weighted by Crippen LogP contribution is 2.40. The third kappa shape index (κ3) is 2.57. The molecule has 2 heterocycles. The Labute approximate surface area is 120 Å². The summed E-state index contributed by atoms with van der Waals surface area (Å²) in [6.07, 6.45) is 0.818. The Morgan fingerprint density at radius 1 is 1.30 bits per heavy atom. The summed E-state index contributed by atoms with van der Waals surface area (Å²) < 4.78 is 21.3. The van der Waals surface area contributed by atoms with Crippen LogP contribution in [0.1, 0.15) is 12.2 Å². The second-order valence-electron chi connectivity index (χ2n) is 4.28. The minimum absolute atomic E-state index is 0.293. The maximum Gasteiger partial charge on any atom is 0.258 e. The summed E-state index contributed by atoms with van der Waals surface area (Å²) in [5.41, 5.74) is 0.689. The zero-order chi connectivity index (χ0) is 13.9. The second kappa shape index (κ2) is 5.68. The summed E-state index contributed by atoms with van der Waals surface area (Å²) >= 11 is 6.22. The van der Waals surface area contributed by atoms with Crippen molar-refractivity contribution < 1.29 is 18.7 Å². The van der Waals surface area contributed by atoms with Crippen LogP contribution in [-0.2, 0) is 11.3 Å². The van der Waals surface area contributed by atoms with Crippen LogP contribution in [0.4, 0.5) is 0 Å². The van der Waals surface area contributed by atoms with Crippen LogP contribution in [0.2, 0.25) is 5.02 Å². The van der Waals surface area contributed by atoms with E-state index < -0.39 is 0 Å². The topological polar surface area (TPSA) is 66.6 Å². The molecule has 0 saturated carbocycles.